The number of nitrogens with one attached hydrogen (secondary N) is 1. The van der Waals surface area contributed by atoms with Gasteiger partial charge in [0, 0.05) is 23.9 Å². The Morgan fingerprint density at radius 2 is 2.29 bits per heavy atom. The SMILES string of the molecule is CCc1nc(N)cc(NCCc2cccs2)n1. The first-order chi connectivity index (χ1) is 8.28. The second-order valence-electron chi connectivity index (χ2n) is 3.70. The van der Waals surface area contributed by atoms with E-state index in [1.165, 1.54) is 4.88 Å². The lowest BCUT2D eigenvalue weighted by Crippen LogP contribution is -2.08. The number of nitrogens with zero attached hydrogens (tertiary/aromatic N) is 2. The molecule has 5 heteroatoms. The molecule has 3 N–H and O–H groups in total. The van der Waals surface area contributed by atoms with E-state index in [2.05, 4.69) is 32.8 Å². The number of thiophene rings is 1. The molecule has 0 aliphatic rings. The third-order valence-electron chi connectivity index (χ3n) is 2.37. The summed E-state index contributed by atoms with van der Waals surface area (Å²) in [7, 11) is 0. The maximum absolute atomic E-state index is 5.71. The normalized spacial score (nSPS) is 10.4. The summed E-state index contributed by atoms with van der Waals surface area (Å²) in [6.45, 7) is 2.88. The summed E-state index contributed by atoms with van der Waals surface area (Å²) in [6.07, 6.45) is 1.80. The second kappa shape index (κ2) is 5.63. The van der Waals surface area contributed by atoms with Crippen molar-refractivity contribution in [1.29, 1.82) is 0 Å². The van der Waals surface area contributed by atoms with Crippen LogP contribution >= 0.6 is 11.3 Å². The first-order valence-corrected chi connectivity index (χ1v) is 6.55. The highest BCUT2D eigenvalue weighted by Gasteiger charge is 2.01. The minimum atomic E-state index is 0.524. The lowest BCUT2D eigenvalue weighted by atomic mass is 10.3. The summed E-state index contributed by atoms with van der Waals surface area (Å²) in [5.74, 6) is 2.12. The summed E-state index contributed by atoms with van der Waals surface area (Å²) < 4.78 is 0. The Morgan fingerprint density at radius 1 is 1.41 bits per heavy atom. The van der Waals surface area contributed by atoms with E-state index in [1.54, 1.807) is 17.4 Å². The largest absolute Gasteiger partial charge is 0.384 e. The van der Waals surface area contributed by atoms with Crippen LogP contribution in [-0.4, -0.2) is 16.5 Å². The minimum Gasteiger partial charge on any atom is -0.384 e. The Kier molecular flexibility index (Phi) is 3.93. The number of hydrogen-bond acceptors (Lipinski definition) is 5. The van der Waals surface area contributed by atoms with Gasteiger partial charge < -0.3 is 11.1 Å². The highest BCUT2D eigenvalue weighted by atomic mass is 32.1. The predicted octanol–water partition coefficient (Wildman–Crippen LogP) is 2.34. The van der Waals surface area contributed by atoms with Crippen LogP contribution in [0.25, 0.3) is 0 Å². The second-order valence-corrected chi connectivity index (χ2v) is 4.74. The van der Waals surface area contributed by atoms with Gasteiger partial charge in [0.1, 0.15) is 17.5 Å². The molecule has 0 aliphatic heterocycles. The monoisotopic (exact) mass is 248 g/mol. The van der Waals surface area contributed by atoms with Gasteiger partial charge in [-0.25, -0.2) is 9.97 Å². The zero-order valence-corrected chi connectivity index (χ0v) is 10.6. The average molecular weight is 248 g/mol. The Balaban J connectivity index is 1.92. The molecule has 0 radical (unpaired) electrons. The molecule has 0 bridgehead atoms. The van der Waals surface area contributed by atoms with E-state index in [9.17, 15) is 0 Å². The number of aromatic nitrogens is 2. The lowest BCUT2D eigenvalue weighted by Gasteiger charge is -2.06. The number of hydrogen-bond donors (Lipinski definition) is 2. The molecule has 0 fully saturated rings. The van der Waals surface area contributed by atoms with E-state index in [0.29, 0.717) is 5.82 Å². The smallest absolute Gasteiger partial charge is 0.132 e. The molecule has 0 aliphatic carbocycles. The standard InChI is InChI=1S/C12H16N4S/c1-2-11-15-10(13)8-12(16-11)14-6-5-9-4-3-7-17-9/h3-4,7-8H,2,5-6H2,1H3,(H3,13,14,15,16). The molecule has 0 amide bonds. The Labute approximate surface area is 105 Å². The Bertz CT molecular complexity index is 467. The zero-order valence-electron chi connectivity index (χ0n) is 9.81. The van der Waals surface area contributed by atoms with Crippen LogP contribution in [0.15, 0.2) is 23.6 Å². The van der Waals surface area contributed by atoms with Crippen LogP contribution in [0.5, 0.6) is 0 Å². The maximum atomic E-state index is 5.71. The summed E-state index contributed by atoms with van der Waals surface area (Å²) >= 11 is 1.77. The number of nitrogen functional groups attached to an aromatic ring is 1. The van der Waals surface area contributed by atoms with Crippen LogP contribution in [0.3, 0.4) is 0 Å². The average Bonchev–Trinajstić information content (AvgIpc) is 2.81. The Morgan fingerprint density at radius 3 is 3.00 bits per heavy atom. The summed E-state index contributed by atoms with van der Waals surface area (Å²) in [5, 5.41) is 5.36. The summed E-state index contributed by atoms with van der Waals surface area (Å²) in [6, 6.07) is 5.98. The van der Waals surface area contributed by atoms with Gasteiger partial charge in [0.05, 0.1) is 0 Å². The van der Waals surface area contributed by atoms with Crippen molar-refractivity contribution in [3.8, 4) is 0 Å². The molecule has 4 nitrogen and oxygen atoms in total. The van der Waals surface area contributed by atoms with Crippen molar-refractivity contribution in [1.82, 2.24) is 9.97 Å². The lowest BCUT2D eigenvalue weighted by molar-refractivity contribution is 0.932. The molecular weight excluding hydrogens is 232 g/mol. The third-order valence-corrected chi connectivity index (χ3v) is 3.30. The number of anilines is 2. The molecule has 2 aromatic heterocycles. The topological polar surface area (TPSA) is 63.8 Å². The van der Waals surface area contributed by atoms with Crippen LogP contribution < -0.4 is 11.1 Å². The van der Waals surface area contributed by atoms with Crippen LogP contribution in [0.2, 0.25) is 0 Å². The molecule has 17 heavy (non-hydrogen) atoms. The fourth-order valence-electron chi connectivity index (χ4n) is 1.53. The zero-order chi connectivity index (χ0) is 12.1. The van der Waals surface area contributed by atoms with Crippen LogP contribution in [0.1, 0.15) is 17.6 Å². The molecule has 90 valence electrons. The molecule has 2 aromatic rings. The van der Waals surface area contributed by atoms with Crippen molar-refractivity contribution in [2.24, 2.45) is 0 Å². The molecule has 0 atom stereocenters. The van der Waals surface area contributed by atoms with E-state index >= 15 is 0 Å². The summed E-state index contributed by atoms with van der Waals surface area (Å²) in [4.78, 5) is 9.88. The quantitative estimate of drug-likeness (QED) is 0.852. The first-order valence-electron chi connectivity index (χ1n) is 5.67. The van der Waals surface area contributed by atoms with E-state index < -0.39 is 0 Å². The van der Waals surface area contributed by atoms with E-state index in [0.717, 1.165) is 31.0 Å². The number of rotatable bonds is 5. The fourth-order valence-corrected chi connectivity index (χ4v) is 2.24. The van der Waals surface area contributed by atoms with E-state index in [4.69, 9.17) is 5.73 Å². The molecule has 2 heterocycles. The molecule has 0 unspecified atom stereocenters. The van der Waals surface area contributed by atoms with Crippen molar-refractivity contribution in [2.45, 2.75) is 19.8 Å². The summed E-state index contributed by atoms with van der Waals surface area (Å²) in [5.41, 5.74) is 5.71. The van der Waals surface area contributed by atoms with Crippen molar-refractivity contribution in [2.75, 3.05) is 17.6 Å². The van der Waals surface area contributed by atoms with Gasteiger partial charge in [-0.2, -0.15) is 0 Å². The number of nitrogens with two attached hydrogens (primary N) is 1. The van der Waals surface area contributed by atoms with Crippen molar-refractivity contribution in [3.63, 3.8) is 0 Å². The van der Waals surface area contributed by atoms with Crippen LogP contribution in [-0.2, 0) is 12.8 Å². The third kappa shape index (κ3) is 3.42. The van der Waals surface area contributed by atoms with Gasteiger partial charge in [-0.05, 0) is 17.9 Å². The van der Waals surface area contributed by atoms with Gasteiger partial charge in [0.2, 0.25) is 0 Å². The van der Waals surface area contributed by atoms with E-state index in [-0.39, 0.29) is 0 Å². The van der Waals surface area contributed by atoms with Gasteiger partial charge in [0.15, 0.2) is 0 Å². The molecule has 0 spiro atoms. The van der Waals surface area contributed by atoms with Gasteiger partial charge >= 0.3 is 0 Å². The number of aryl methyl sites for hydroxylation is 1. The van der Waals surface area contributed by atoms with Gasteiger partial charge in [0.25, 0.3) is 0 Å². The maximum Gasteiger partial charge on any atom is 0.132 e. The predicted molar refractivity (Wildman–Crippen MR) is 72.3 cm³/mol. The Hall–Kier alpha value is -1.62. The molecule has 0 aromatic carbocycles. The van der Waals surface area contributed by atoms with Gasteiger partial charge in [-0.3, -0.25) is 0 Å². The highest BCUT2D eigenvalue weighted by molar-refractivity contribution is 7.09. The van der Waals surface area contributed by atoms with Crippen molar-refractivity contribution >= 4 is 23.0 Å². The van der Waals surface area contributed by atoms with E-state index in [1.807, 2.05) is 6.92 Å². The molecular formula is C12H16N4S. The molecule has 2 rings (SSSR count). The van der Waals surface area contributed by atoms with Gasteiger partial charge in [-0.15, -0.1) is 11.3 Å². The minimum absolute atomic E-state index is 0.524. The molecule has 0 saturated heterocycles. The molecule has 0 saturated carbocycles. The highest BCUT2D eigenvalue weighted by Crippen LogP contribution is 2.11. The fraction of sp³-hybridized carbons (Fsp3) is 0.333. The van der Waals surface area contributed by atoms with Crippen molar-refractivity contribution < 1.29 is 0 Å². The van der Waals surface area contributed by atoms with Crippen LogP contribution in [0.4, 0.5) is 11.6 Å². The van der Waals surface area contributed by atoms with Gasteiger partial charge in [-0.1, -0.05) is 13.0 Å². The first kappa shape index (κ1) is 11.9. The van der Waals surface area contributed by atoms with Crippen LogP contribution in [0, 0.1) is 0 Å². The van der Waals surface area contributed by atoms with Crippen molar-refractivity contribution in [3.05, 3.63) is 34.3 Å².